The normalized spacial score (nSPS) is 10.9. The molecule has 0 saturated carbocycles. The van der Waals surface area contributed by atoms with Crippen molar-refractivity contribution in [1.29, 1.82) is 0 Å². The average Bonchev–Trinajstić information content (AvgIpc) is 3.00. The molecular weight excluding hydrogens is 524 g/mol. The Balaban J connectivity index is 0.000000263. The van der Waals surface area contributed by atoms with Crippen LogP contribution in [0.15, 0.2) is 90.3 Å². The van der Waals surface area contributed by atoms with Crippen LogP contribution in [0.5, 0.6) is 23.0 Å². The molecule has 214 valence electrons. The van der Waals surface area contributed by atoms with Gasteiger partial charge in [-0.2, -0.15) is 0 Å². The van der Waals surface area contributed by atoms with E-state index in [1.807, 2.05) is 37.3 Å². The number of pyridine rings is 1. The number of para-hydroxylation sites is 1. The Bertz CT molecular complexity index is 1470. The second kappa shape index (κ2) is 15.5. The van der Waals surface area contributed by atoms with Crippen molar-refractivity contribution in [2.75, 3.05) is 38.0 Å². The van der Waals surface area contributed by atoms with E-state index in [1.54, 1.807) is 69.7 Å². The third kappa shape index (κ3) is 8.70. The second-order valence-electron chi connectivity index (χ2n) is 8.61. The summed E-state index contributed by atoms with van der Waals surface area (Å²) in [5.74, 6) is 2.18. The van der Waals surface area contributed by atoms with Gasteiger partial charge < -0.3 is 35.3 Å². The molecule has 1 heterocycles. The lowest BCUT2D eigenvalue weighted by atomic mass is 10.2. The Morgan fingerprint density at radius 1 is 0.951 bits per heavy atom. The van der Waals surface area contributed by atoms with E-state index in [1.165, 1.54) is 0 Å². The van der Waals surface area contributed by atoms with Gasteiger partial charge in [-0.15, -0.1) is 0 Å². The molecule has 10 heteroatoms. The fourth-order valence-corrected chi connectivity index (χ4v) is 3.56. The number of nitrogens with one attached hydrogen (secondary N) is 3. The van der Waals surface area contributed by atoms with Crippen LogP contribution in [0, 0.1) is 0 Å². The average molecular weight is 559 g/mol. The van der Waals surface area contributed by atoms with E-state index in [0.717, 1.165) is 16.8 Å². The van der Waals surface area contributed by atoms with Crippen molar-refractivity contribution in [1.82, 2.24) is 10.3 Å². The molecule has 0 bridgehead atoms. The van der Waals surface area contributed by atoms with Gasteiger partial charge in [0.15, 0.2) is 11.5 Å². The summed E-state index contributed by atoms with van der Waals surface area (Å²) < 4.78 is 16.8. The van der Waals surface area contributed by atoms with Gasteiger partial charge in [-0.1, -0.05) is 18.2 Å². The zero-order valence-corrected chi connectivity index (χ0v) is 23.4. The summed E-state index contributed by atoms with van der Waals surface area (Å²) in [4.78, 5) is 26.5. The van der Waals surface area contributed by atoms with Gasteiger partial charge in [-0.3, -0.25) is 14.6 Å². The summed E-state index contributed by atoms with van der Waals surface area (Å²) in [7, 11) is 3.34. The maximum absolute atomic E-state index is 11.7. The number of ether oxygens (including phenoxy) is 3. The molecule has 2 amide bonds. The third-order valence-electron chi connectivity index (χ3n) is 5.95. The number of nitrogens with zero attached hydrogens (tertiary/aromatic N) is 1. The van der Waals surface area contributed by atoms with Gasteiger partial charge in [0.1, 0.15) is 18.1 Å². The molecule has 4 N–H and O–H groups in total. The first-order valence-corrected chi connectivity index (χ1v) is 12.8. The lowest BCUT2D eigenvalue weighted by molar-refractivity contribution is -0.113. The highest BCUT2D eigenvalue weighted by Gasteiger charge is 2.12. The molecule has 0 atom stereocenters. The molecule has 0 saturated heterocycles. The number of anilines is 2. The first-order valence-electron chi connectivity index (χ1n) is 12.8. The molecule has 0 fully saturated rings. The van der Waals surface area contributed by atoms with Crippen molar-refractivity contribution in [2.45, 2.75) is 13.8 Å². The summed E-state index contributed by atoms with van der Waals surface area (Å²) in [6, 6.07) is 21.7. The number of carbonyl (C=O) groups is 2. The number of aliphatic hydroxyl groups excluding tert-OH is 1. The van der Waals surface area contributed by atoms with Gasteiger partial charge in [0, 0.05) is 47.3 Å². The predicted octanol–water partition coefficient (Wildman–Crippen LogP) is 5.11. The number of allylic oxidation sites excluding steroid dienone is 1. The zero-order valence-electron chi connectivity index (χ0n) is 23.4. The van der Waals surface area contributed by atoms with Crippen LogP contribution in [-0.2, 0) is 9.59 Å². The van der Waals surface area contributed by atoms with Crippen molar-refractivity contribution < 1.29 is 28.9 Å². The first kappa shape index (κ1) is 30.5. The standard InChI is InChI=1S/C19H18N2O5.C12H16N2O/c1-24-18-10-15-16(11-19(18)25-9-8-22)20-7-6-17(15)26-14-4-2-13(3-5-14)21-12-23;1-9(10(2)13-3)12(15)14-11-7-5-4-6-8-11/h2-7,10-12,22H,8-9H2,1H3,(H,21,23);4-8,13H,1-3H3,(H,14,15)/b;10-9-. The first-order chi connectivity index (χ1) is 19.9. The highest BCUT2D eigenvalue weighted by atomic mass is 16.5. The molecule has 0 unspecified atom stereocenters. The maximum atomic E-state index is 11.7. The van der Waals surface area contributed by atoms with Gasteiger partial charge in [-0.25, -0.2) is 0 Å². The van der Waals surface area contributed by atoms with E-state index in [9.17, 15) is 9.59 Å². The predicted molar refractivity (Wildman–Crippen MR) is 160 cm³/mol. The van der Waals surface area contributed by atoms with E-state index >= 15 is 0 Å². The Hall–Kier alpha value is -5.09. The van der Waals surface area contributed by atoms with E-state index in [4.69, 9.17) is 19.3 Å². The lowest BCUT2D eigenvalue weighted by Crippen LogP contribution is -2.17. The van der Waals surface area contributed by atoms with Crippen LogP contribution in [0.4, 0.5) is 11.4 Å². The van der Waals surface area contributed by atoms with Crippen molar-refractivity contribution in [3.63, 3.8) is 0 Å². The Labute approximate surface area is 239 Å². The number of hydrogen-bond donors (Lipinski definition) is 4. The van der Waals surface area contributed by atoms with Crippen molar-refractivity contribution in [2.24, 2.45) is 0 Å². The van der Waals surface area contributed by atoms with Gasteiger partial charge in [-0.05, 0) is 62.4 Å². The van der Waals surface area contributed by atoms with E-state index < -0.39 is 0 Å². The Morgan fingerprint density at radius 3 is 2.32 bits per heavy atom. The van der Waals surface area contributed by atoms with E-state index in [-0.39, 0.29) is 19.1 Å². The minimum Gasteiger partial charge on any atom is -0.493 e. The highest BCUT2D eigenvalue weighted by molar-refractivity contribution is 6.03. The van der Waals surface area contributed by atoms with E-state index in [0.29, 0.717) is 46.2 Å². The summed E-state index contributed by atoms with van der Waals surface area (Å²) in [5, 5.41) is 18.0. The zero-order chi connectivity index (χ0) is 29.6. The maximum Gasteiger partial charge on any atom is 0.253 e. The molecule has 10 nitrogen and oxygen atoms in total. The van der Waals surface area contributed by atoms with Crippen LogP contribution in [0.1, 0.15) is 13.8 Å². The number of carbonyl (C=O) groups excluding carboxylic acids is 2. The number of rotatable bonds is 11. The Kier molecular flexibility index (Phi) is 11.5. The summed E-state index contributed by atoms with van der Waals surface area (Å²) in [6.07, 6.45) is 2.26. The highest BCUT2D eigenvalue weighted by Crippen LogP contribution is 2.37. The Morgan fingerprint density at radius 2 is 1.68 bits per heavy atom. The van der Waals surface area contributed by atoms with Crippen LogP contribution in [0.3, 0.4) is 0 Å². The van der Waals surface area contributed by atoms with Crippen molar-refractivity contribution in [3.8, 4) is 23.0 Å². The molecule has 0 aliphatic carbocycles. The van der Waals surface area contributed by atoms with Crippen LogP contribution >= 0.6 is 0 Å². The summed E-state index contributed by atoms with van der Waals surface area (Å²) in [5.41, 5.74) is 3.74. The fraction of sp³-hybridized carbons (Fsp3) is 0.194. The lowest BCUT2D eigenvalue weighted by Gasteiger charge is -2.13. The van der Waals surface area contributed by atoms with Crippen molar-refractivity contribution in [3.05, 3.63) is 90.3 Å². The summed E-state index contributed by atoms with van der Waals surface area (Å²) >= 11 is 0. The van der Waals surface area contributed by atoms with Gasteiger partial charge >= 0.3 is 0 Å². The molecule has 0 aliphatic heterocycles. The van der Waals surface area contributed by atoms with Crippen LogP contribution in [0.25, 0.3) is 10.9 Å². The molecule has 0 spiro atoms. The number of amides is 2. The largest absolute Gasteiger partial charge is 0.493 e. The monoisotopic (exact) mass is 558 g/mol. The molecule has 0 radical (unpaired) electrons. The molecular formula is C31H34N4O6. The second-order valence-corrected chi connectivity index (χ2v) is 8.61. The van der Waals surface area contributed by atoms with Gasteiger partial charge in [0.2, 0.25) is 6.41 Å². The number of methoxy groups -OCH3 is 1. The summed E-state index contributed by atoms with van der Waals surface area (Å²) in [6.45, 7) is 3.75. The fourth-order valence-electron chi connectivity index (χ4n) is 3.56. The minimum absolute atomic E-state index is 0.0759. The van der Waals surface area contributed by atoms with E-state index in [2.05, 4.69) is 20.9 Å². The van der Waals surface area contributed by atoms with Crippen molar-refractivity contribution >= 4 is 34.6 Å². The number of benzene rings is 3. The quantitative estimate of drug-likeness (QED) is 0.148. The number of aromatic nitrogens is 1. The molecule has 3 aromatic carbocycles. The molecule has 4 rings (SSSR count). The molecule has 1 aromatic heterocycles. The molecule has 41 heavy (non-hydrogen) atoms. The van der Waals surface area contributed by atoms with Crippen LogP contribution in [0.2, 0.25) is 0 Å². The SMILES string of the molecule is CN/C(C)=C(/C)C(=O)Nc1ccccc1.COc1cc2c(Oc3ccc(NC=O)cc3)ccnc2cc1OCCO. The minimum atomic E-state index is -0.0905. The van der Waals surface area contributed by atoms with Crippen LogP contribution in [-0.4, -0.2) is 49.8 Å². The molecule has 4 aromatic rings. The smallest absolute Gasteiger partial charge is 0.253 e. The number of aliphatic hydroxyl groups is 1. The van der Waals surface area contributed by atoms with Crippen LogP contribution < -0.4 is 30.2 Å². The molecule has 0 aliphatic rings. The topological polar surface area (TPSA) is 131 Å². The number of hydrogen-bond acceptors (Lipinski definition) is 8. The number of fused-ring (bicyclic) bond motifs is 1. The van der Waals surface area contributed by atoms with Gasteiger partial charge in [0.25, 0.3) is 5.91 Å². The third-order valence-corrected chi connectivity index (χ3v) is 5.95. The van der Waals surface area contributed by atoms with Gasteiger partial charge in [0.05, 0.1) is 19.2 Å².